The Hall–Kier alpha value is -2.53. The standard InChI is InChI=1S/C19H23NO6S/c1-4-5-6-7-14-8-10-15(11-9-14)20-13-16(26-18(20)23)12-19(2,17(21)22)27(3,24)25/h8-11,16H,4-5,12-13H2,1-3H3,(H,21,22). The number of ether oxygens (including phenoxy) is 1. The van der Waals surface area contributed by atoms with Crippen LogP contribution in [0.3, 0.4) is 0 Å². The molecule has 0 aromatic heterocycles. The van der Waals surface area contributed by atoms with E-state index in [1.807, 2.05) is 6.92 Å². The average Bonchev–Trinajstić information content (AvgIpc) is 2.94. The largest absolute Gasteiger partial charge is 0.480 e. The van der Waals surface area contributed by atoms with Crippen molar-refractivity contribution in [3.63, 3.8) is 0 Å². The number of carbonyl (C=O) groups is 2. The Balaban J connectivity index is 2.14. The second-order valence-electron chi connectivity index (χ2n) is 6.73. The van der Waals surface area contributed by atoms with Gasteiger partial charge >= 0.3 is 12.1 Å². The monoisotopic (exact) mass is 393 g/mol. The zero-order chi connectivity index (χ0) is 20.2. The van der Waals surface area contributed by atoms with Crippen molar-refractivity contribution in [2.75, 3.05) is 17.7 Å². The van der Waals surface area contributed by atoms with Crippen LogP contribution in [0.2, 0.25) is 0 Å². The van der Waals surface area contributed by atoms with E-state index < -0.39 is 32.8 Å². The Morgan fingerprint density at radius 2 is 2.00 bits per heavy atom. The van der Waals surface area contributed by atoms with Crippen LogP contribution in [0.25, 0.3) is 0 Å². The van der Waals surface area contributed by atoms with Gasteiger partial charge in [-0.25, -0.2) is 13.2 Å². The summed E-state index contributed by atoms with van der Waals surface area (Å²) in [6, 6.07) is 7.03. The summed E-state index contributed by atoms with van der Waals surface area (Å²) in [5.74, 6) is 4.60. The molecular formula is C19H23NO6S. The number of unbranched alkanes of at least 4 members (excludes halogenated alkanes) is 1. The molecule has 1 aliphatic heterocycles. The smallest absolute Gasteiger partial charge is 0.414 e. The lowest BCUT2D eigenvalue weighted by atomic mass is 10.0. The molecule has 2 rings (SSSR count). The first-order valence-electron chi connectivity index (χ1n) is 8.58. The molecule has 2 unspecified atom stereocenters. The third-order valence-corrected chi connectivity index (χ3v) is 6.53. The van der Waals surface area contributed by atoms with Gasteiger partial charge < -0.3 is 9.84 Å². The van der Waals surface area contributed by atoms with Gasteiger partial charge in [0.25, 0.3) is 0 Å². The first-order chi connectivity index (χ1) is 12.6. The number of amides is 1. The second-order valence-corrected chi connectivity index (χ2v) is 9.17. The van der Waals surface area contributed by atoms with Gasteiger partial charge in [-0.15, -0.1) is 0 Å². The van der Waals surface area contributed by atoms with Crippen LogP contribution < -0.4 is 4.90 Å². The van der Waals surface area contributed by atoms with Crippen molar-refractivity contribution in [1.29, 1.82) is 0 Å². The molecule has 1 amide bonds. The summed E-state index contributed by atoms with van der Waals surface area (Å²) in [6.07, 6.45) is 0.876. The Bertz CT molecular complexity index is 881. The second kappa shape index (κ2) is 8.01. The maximum absolute atomic E-state index is 12.2. The molecule has 1 aromatic carbocycles. The van der Waals surface area contributed by atoms with Crippen LogP contribution in [0.15, 0.2) is 24.3 Å². The van der Waals surface area contributed by atoms with Crippen molar-refractivity contribution in [2.24, 2.45) is 0 Å². The fraction of sp³-hybridized carbons (Fsp3) is 0.474. The van der Waals surface area contributed by atoms with Gasteiger partial charge in [-0.2, -0.15) is 0 Å². The number of hydrogen-bond acceptors (Lipinski definition) is 5. The highest BCUT2D eigenvalue weighted by atomic mass is 32.2. The number of aliphatic carboxylic acids is 1. The minimum atomic E-state index is -3.89. The molecule has 0 saturated carbocycles. The van der Waals surface area contributed by atoms with E-state index in [4.69, 9.17) is 4.74 Å². The number of cyclic esters (lactones) is 1. The van der Waals surface area contributed by atoms with Crippen LogP contribution in [-0.2, 0) is 19.4 Å². The molecule has 1 fully saturated rings. The van der Waals surface area contributed by atoms with Crippen molar-refractivity contribution in [1.82, 2.24) is 0 Å². The van der Waals surface area contributed by atoms with Gasteiger partial charge in [-0.3, -0.25) is 9.69 Å². The highest BCUT2D eigenvalue weighted by Crippen LogP contribution is 2.30. The van der Waals surface area contributed by atoms with E-state index in [2.05, 4.69) is 11.8 Å². The van der Waals surface area contributed by atoms with Crippen molar-refractivity contribution in [3.8, 4) is 11.8 Å². The summed E-state index contributed by atoms with van der Waals surface area (Å²) in [5, 5.41) is 9.35. The van der Waals surface area contributed by atoms with Gasteiger partial charge in [-0.1, -0.05) is 18.8 Å². The summed E-state index contributed by atoms with van der Waals surface area (Å²) in [7, 11) is -3.89. The summed E-state index contributed by atoms with van der Waals surface area (Å²) < 4.78 is 27.0. The predicted octanol–water partition coefficient (Wildman–Crippen LogP) is 2.44. The van der Waals surface area contributed by atoms with Gasteiger partial charge in [0.1, 0.15) is 6.10 Å². The van der Waals surface area contributed by atoms with E-state index in [1.165, 1.54) is 4.90 Å². The Kier molecular flexibility index (Phi) is 6.16. The van der Waals surface area contributed by atoms with Crippen molar-refractivity contribution in [2.45, 2.75) is 44.0 Å². The quantitative estimate of drug-likeness (QED) is 0.745. The molecule has 146 valence electrons. The summed E-state index contributed by atoms with van der Waals surface area (Å²) in [6.45, 7) is 3.26. The molecule has 0 aliphatic carbocycles. The normalized spacial score (nSPS) is 19.0. The minimum absolute atomic E-state index is 0.0814. The van der Waals surface area contributed by atoms with Gasteiger partial charge in [0.15, 0.2) is 14.6 Å². The van der Waals surface area contributed by atoms with E-state index in [0.29, 0.717) is 5.69 Å². The number of sulfone groups is 1. The topological polar surface area (TPSA) is 101 Å². The van der Waals surface area contributed by atoms with Crippen molar-refractivity contribution < 1.29 is 27.9 Å². The number of rotatable bonds is 6. The molecule has 7 nitrogen and oxygen atoms in total. The SMILES string of the molecule is CCCC#Cc1ccc(N2CC(CC(C)(C(=O)O)S(C)(=O)=O)OC2=O)cc1. The predicted molar refractivity (Wildman–Crippen MR) is 101 cm³/mol. The van der Waals surface area contributed by atoms with Gasteiger partial charge in [0, 0.05) is 30.3 Å². The number of carboxylic acids is 1. The van der Waals surface area contributed by atoms with Crippen LogP contribution in [0, 0.1) is 11.8 Å². The molecule has 1 aliphatic rings. The maximum atomic E-state index is 12.2. The van der Waals surface area contributed by atoms with E-state index in [1.54, 1.807) is 24.3 Å². The number of hydrogen-bond donors (Lipinski definition) is 1. The third kappa shape index (κ3) is 4.61. The van der Waals surface area contributed by atoms with E-state index in [-0.39, 0.29) is 13.0 Å². The van der Waals surface area contributed by atoms with Gasteiger partial charge in [-0.05, 0) is 37.6 Å². The Labute approximate surface area is 159 Å². The lowest BCUT2D eigenvalue weighted by Crippen LogP contribution is -2.46. The highest BCUT2D eigenvalue weighted by molar-refractivity contribution is 7.92. The van der Waals surface area contributed by atoms with Gasteiger partial charge in [0.2, 0.25) is 0 Å². The first kappa shape index (κ1) is 20.8. The van der Waals surface area contributed by atoms with Crippen LogP contribution in [0.5, 0.6) is 0 Å². The summed E-state index contributed by atoms with van der Waals surface area (Å²) >= 11 is 0. The minimum Gasteiger partial charge on any atom is -0.480 e. The van der Waals surface area contributed by atoms with Crippen LogP contribution >= 0.6 is 0 Å². The number of nitrogens with zero attached hydrogens (tertiary/aromatic N) is 1. The van der Waals surface area contributed by atoms with Crippen LogP contribution in [0.1, 0.15) is 38.7 Å². The molecule has 8 heteroatoms. The third-order valence-electron chi connectivity index (χ3n) is 4.55. The maximum Gasteiger partial charge on any atom is 0.414 e. The molecule has 2 atom stereocenters. The number of benzene rings is 1. The lowest BCUT2D eigenvalue weighted by molar-refractivity contribution is -0.140. The van der Waals surface area contributed by atoms with E-state index in [9.17, 15) is 23.1 Å². The Morgan fingerprint density at radius 3 is 2.52 bits per heavy atom. The molecule has 0 bridgehead atoms. The van der Waals surface area contributed by atoms with Crippen molar-refractivity contribution in [3.05, 3.63) is 29.8 Å². The average molecular weight is 393 g/mol. The number of carboxylic acid groups (broad SMARTS) is 1. The summed E-state index contributed by atoms with van der Waals surface area (Å²) in [5.41, 5.74) is 1.41. The Morgan fingerprint density at radius 1 is 1.37 bits per heavy atom. The fourth-order valence-electron chi connectivity index (χ4n) is 2.68. The molecule has 0 radical (unpaired) electrons. The fourth-order valence-corrected chi connectivity index (χ4v) is 3.49. The first-order valence-corrected chi connectivity index (χ1v) is 10.5. The molecule has 1 heterocycles. The zero-order valence-electron chi connectivity index (χ0n) is 15.6. The molecule has 0 spiro atoms. The zero-order valence-corrected chi connectivity index (χ0v) is 16.4. The molecule has 27 heavy (non-hydrogen) atoms. The number of carbonyl (C=O) groups excluding carboxylic acids is 1. The molecule has 1 aromatic rings. The van der Waals surface area contributed by atoms with Gasteiger partial charge in [0.05, 0.1) is 6.54 Å². The summed E-state index contributed by atoms with van der Waals surface area (Å²) in [4.78, 5) is 25.0. The molecule has 1 N–H and O–H groups in total. The van der Waals surface area contributed by atoms with Crippen LogP contribution in [-0.4, -0.2) is 49.2 Å². The molecular weight excluding hydrogens is 370 g/mol. The number of anilines is 1. The molecule has 1 saturated heterocycles. The van der Waals surface area contributed by atoms with E-state index in [0.717, 1.165) is 31.6 Å². The van der Waals surface area contributed by atoms with Crippen LogP contribution in [0.4, 0.5) is 10.5 Å². The van der Waals surface area contributed by atoms with E-state index >= 15 is 0 Å². The highest BCUT2D eigenvalue weighted by Gasteiger charge is 2.48. The van der Waals surface area contributed by atoms with Crippen molar-refractivity contribution >= 4 is 27.6 Å². The lowest BCUT2D eigenvalue weighted by Gasteiger charge is -2.24.